The zero-order valence-corrected chi connectivity index (χ0v) is 14.1. The second-order valence-corrected chi connectivity index (χ2v) is 7.34. The minimum atomic E-state index is -3.07. The summed E-state index contributed by atoms with van der Waals surface area (Å²) in [6.07, 6.45) is 0.729. The maximum absolute atomic E-state index is 11.8. The molecule has 124 valence electrons. The third-order valence-corrected chi connectivity index (χ3v) is 5.08. The van der Waals surface area contributed by atoms with E-state index >= 15 is 0 Å². The summed E-state index contributed by atoms with van der Waals surface area (Å²) in [6, 6.07) is 6.98. The summed E-state index contributed by atoms with van der Waals surface area (Å²) in [4.78, 5) is 11.8. The molecule has 0 aliphatic rings. The van der Waals surface area contributed by atoms with Gasteiger partial charge in [0.15, 0.2) is 9.84 Å². The number of carbonyl (C=O) groups excluding carboxylic acids is 1. The molecule has 22 heavy (non-hydrogen) atoms. The lowest BCUT2D eigenvalue weighted by Gasteiger charge is -2.18. The molecule has 0 bridgehead atoms. The second kappa shape index (κ2) is 8.63. The van der Waals surface area contributed by atoms with Crippen LogP contribution in [-0.4, -0.2) is 39.6 Å². The van der Waals surface area contributed by atoms with Crippen LogP contribution in [0.4, 0.5) is 4.79 Å². The van der Waals surface area contributed by atoms with Crippen LogP contribution in [0.25, 0.3) is 0 Å². The molecule has 2 N–H and O–H groups in total. The van der Waals surface area contributed by atoms with Crippen molar-refractivity contribution >= 4 is 15.9 Å². The number of rotatable bonds is 8. The molecule has 0 radical (unpaired) electrons. The largest absolute Gasteiger partial charge is 0.497 e. The van der Waals surface area contributed by atoms with Gasteiger partial charge in [-0.2, -0.15) is 0 Å². The van der Waals surface area contributed by atoms with E-state index in [0.717, 1.165) is 17.7 Å². The van der Waals surface area contributed by atoms with Crippen LogP contribution in [0.3, 0.4) is 0 Å². The van der Waals surface area contributed by atoms with Crippen LogP contribution in [0.1, 0.15) is 31.9 Å². The summed E-state index contributed by atoms with van der Waals surface area (Å²) in [7, 11) is -1.47. The van der Waals surface area contributed by atoms with E-state index in [4.69, 9.17) is 4.74 Å². The van der Waals surface area contributed by atoms with Crippen LogP contribution >= 0.6 is 0 Å². The first-order chi connectivity index (χ1) is 10.4. The second-order valence-electron chi connectivity index (χ2n) is 4.87. The topological polar surface area (TPSA) is 84.5 Å². The molecule has 7 heteroatoms. The smallest absolute Gasteiger partial charge is 0.315 e. The Morgan fingerprint density at radius 3 is 2.36 bits per heavy atom. The molecule has 0 saturated carbocycles. The van der Waals surface area contributed by atoms with Crippen molar-refractivity contribution in [3.63, 3.8) is 0 Å². The summed E-state index contributed by atoms with van der Waals surface area (Å²) in [5.41, 5.74) is 0.972. The van der Waals surface area contributed by atoms with Gasteiger partial charge in [0.05, 0.1) is 18.9 Å². The first kappa shape index (κ1) is 18.3. The van der Waals surface area contributed by atoms with Gasteiger partial charge < -0.3 is 15.4 Å². The van der Waals surface area contributed by atoms with E-state index in [-0.39, 0.29) is 30.1 Å². The lowest BCUT2D eigenvalue weighted by Crippen LogP contribution is -2.40. The van der Waals surface area contributed by atoms with Gasteiger partial charge in [0.2, 0.25) is 0 Å². The molecule has 0 heterocycles. The van der Waals surface area contributed by atoms with E-state index in [2.05, 4.69) is 10.6 Å². The molecule has 2 amide bonds. The summed E-state index contributed by atoms with van der Waals surface area (Å²) in [6.45, 7) is 3.67. The van der Waals surface area contributed by atoms with E-state index < -0.39 is 9.84 Å². The van der Waals surface area contributed by atoms with Crippen molar-refractivity contribution in [1.29, 1.82) is 0 Å². The number of methoxy groups -OCH3 is 1. The Morgan fingerprint density at radius 1 is 1.23 bits per heavy atom. The van der Waals surface area contributed by atoms with Gasteiger partial charge in [0.25, 0.3) is 0 Å². The monoisotopic (exact) mass is 328 g/mol. The number of ether oxygens (including phenoxy) is 1. The van der Waals surface area contributed by atoms with E-state index in [9.17, 15) is 13.2 Å². The zero-order valence-electron chi connectivity index (χ0n) is 13.3. The van der Waals surface area contributed by atoms with E-state index in [1.54, 1.807) is 14.0 Å². The Labute approximate surface area is 132 Å². The number of hydrogen-bond acceptors (Lipinski definition) is 4. The van der Waals surface area contributed by atoms with Crippen molar-refractivity contribution in [2.45, 2.75) is 26.3 Å². The Bertz CT molecular complexity index is 570. The van der Waals surface area contributed by atoms with Gasteiger partial charge in [-0.25, -0.2) is 13.2 Å². The fourth-order valence-corrected chi connectivity index (χ4v) is 2.63. The van der Waals surface area contributed by atoms with Gasteiger partial charge >= 0.3 is 6.03 Å². The number of nitrogens with one attached hydrogen (secondary N) is 2. The number of sulfone groups is 1. The molecule has 1 rings (SSSR count). The van der Waals surface area contributed by atoms with E-state index in [0.29, 0.717) is 0 Å². The summed E-state index contributed by atoms with van der Waals surface area (Å²) < 4.78 is 27.8. The predicted molar refractivity (Wildman–Crippen MR) is 86.9 cm³/mol. The average molecular weight is 328 g/mol. The Hall–Kier alpha value is -1.76. The maximum Gasteiger partial charge on any atom is 0.315 e. The first-order valence-electron chi connectivity index (χ1n) is 7.30. The van der Waals surface area contributed by atoms with Crippen molar-refractivity contribution in [3.8, 4) is 5.75 Å². The van der Waals surface area contributed by atoms with Crippen molar-refractivity contribution in [2.75, 3.05) is 25.2 Å². The highest BCUT2D eigenvalue weighted by molar-refractivity contribution is 7.91. The van der Waals surface area contributed by atoms with Gasteiger partial charge in [0, 0.05) is 12.3 Å². The Balaban J connectivity index is 2.52. The van der Waals surface area contributed by atoms with Crippen LogP contribution in [0, 0.1) is 0 Å². The number of benzene rings is 1. The van der Waals surface area contributed by atoms with Crippen LogP contribution in [0.15, 0.2) is 24.3 Å². The number of amides is 2. The summed E-state index contributed by atoms with van der Waals surface area (Å²) >= 11 is 0. The van der Waals surface area contributed by atoms with Crippen LogP contribution < -0.4 is 15.4 Å². The highest BCUT2D eigenvalue weighted by atomic mass is 32.2. The van der Waals surface area contributed by atoms with Crippen molar-refractivity contribution in [3.05, 3.63) is 29.8 Å². The minimum Gasteiger partial charge on any atom is -0.497 e. The molecule has 6 nitrogen and oxygen atoms in total. The summed E-state index contributed by atoms with van der Waals surface area (Å²) in [5, 5.41) is 5.42. The molecule has 0 fully saturated rings. The third-order valence-electron chi connectivity index (χ3n) is 3.37. The molecule has 1 atom stereocenters. The quantitative estimate of drug-likeness (QED) is 0.763. The fraction of sp³-hybridized carbons (Fsp3) is 0.533. The minimum absolute atomic E-state index is 0.0454. The van der Waals surface area contributed by atoms with Crippen LogP contribution in [-0.2, 0) is 9.84 Å². The fourth-order valence-electron chi connectivity index (χ4n) is 1.93. The number of hydrogen-bond donors (Lipinski definition) is 2. The number of urea groups is 1. The van der Waals surface area contributed by atoms with Gasteiger partial charge in [-0.3, -0.25) is 0 Å². The van der Waals surface area contributed by atoms with Crippen molar-refractivity contribution < 1.29 is 17.9 Å². The normalized spacial score (nSPS) is 12.5. The van der Waals surface area contributed by atoms with E-state index in [1.165, 1.54) is 0 Å². The molecule has 0 saturated heterocycles. The maximum atomic E-state index is 11.8. The third kappa shape index (κ3) is 5.93. The van der Waals surface area contributed by atoms with Crippen molar-refractivity contribution in [1.82, 2.24) is 10.6 Å². The molecule has 0 aliphatic carbocycles. The molecule has 0 aliphatic heterocycles. The molecular weight excluding hydrogens is 304 g/mol. The highest BCUT2D eigenvalue weighted by Crippen LogP contribution is 2.19. The van der Waals surface area contributed by atoms with Gasteiger partial charge in [-0.15, -0.1) is 0 Å². The van der Waals surface area contributed by atoms with Crippen LogP contribution in [0.2, 0.25) is 0 Å². The molecular formula is C15H24N2O4S. The van der Waals surface area contributed by atoms with Crippen LogP contribution in [0.5, 0.6) is 5.75 Å². The zero-order chi connectivity index (χ0) is 16.6. The van der Waals surface area contributed by atoms with Gasteiger partial charge in [0.1, 0.15) is 5.75 Å². The molecule has 0 aromatic heterocycles. The van der Waals surface area contributed by atoms with Gasteiger partial charge in [-0.05, 0) is 24.1 Å². The average Bonchev–Trinajstić information content (AvgIpc) is 2.52. The van der Waals surface area contributed by atoms with E-state index in [1.807, 2.05) is 31.2 Å². The molecule has 1 unspecified atom stereocenters. The molecule has 1 aromatic carbocycles. The molecule has 0 spiro atoms. The predicted octanol–water partition coefficient (Wildman–Crippen LogP) is 1.88. The lowest BCUT2D eigenvalue weighted by atomic mass is 10.0. The SMILES string of the molecule is CCC(NC(=O)NCCS(=O)(=O)CC)c1ccc(OC)cc1. The summed E-state index contributed by atoms with van der Waals surface area (Å²) in [5.74, 6) is 0.795. The van der Waals surface area contributed by atoms with Gasteiger partial charge in [-0.1, -0.05) is 26.0 Å². The number of carbonyl (C=O) groups is 1. The Morgan fingerprint density at radius 2 is 1.86 bits per heavy atom. The Kier molecular flexibility index (Phi) is 7.17. The van der Waals surface area contributed by atoms with Crippen molar-refractivity contribution in [2.24, 2.45) is 0 Å². The first-order valence-corrected chi connectivity index (χ1v) is 9.12. The molecule has 1 aromatic rings. The standard InChI is InChI=1S/C15H24N2O4S/c1-4-14(12-6-8-13(21-3)9-7-12)17-15(18)16-10-11-22(19,20)5-2/h6-9,14H,4-5,10-11H2,1-3H3,(H2,16,17,18). The lowest BCUT2D eigenvalue weighted by molar-refractivity contribution is 0.237. The highest BCUT2D eigenvalue weighted by Gasteiger charge is 2.13.